The molecule has 80 heavy (non-hydrogen) atoms. The van der Waals surface area contributed by atoms with Crippen molar-refractivity contribution >= 4 is 17.9 Å². The third-order valence-electron chi connectivity index (χ3n) is 16.7. The Morgan fingerprint density at radius 2 is 0.450 bits per heavy atom. The largest absolute Gasteiger partial charge is 0.462 e. The standard InChI is InChI=1S/C74H140O6/c1-4-7-10-13-16-19-22-25-27-29-31-32-33-34-35-36-37-38-39-40-41-42-43-45-46-49-52-55-58-61-64-67-73(76)79-70-71(69-78-72(75)66-63-60-57-54-51-48-24-21-18-15-12-9-6-3)80-74(77)68-65-62-59-56-53-50-47-44-30-28-26-23-20-17-14-11-8-5-2/h20,23,28,30,71H,4-19,21-22,24-27,29,31-70H2,1-3H3/b23-20-,30-28-. The molecule has 0 aliphatic rings. The Balaban J connectivity index is 4.13. The van der Waals surface area contributed by atoms with E-state index in [9.17, 15) is 14.4 Å². The molecule has 6 heteroatoms. The van der Waals surface area contributed by atoms with E-state index >= 15 is 0 Å². The van der Waals surface area contributed by atoms with E-state index in [-0.39, 0.29) is 31.1 Å². The van der Waals surface area contributed by atoms with E-state index in [1.807, 2.05) is 0 Å². The Hall–Kier alpha value is -2.11. The van der Waals surface area contributed by atoms with Crippen LogP contribution in [0.5, 0.6) is 0 Å². The molecule has 0 aliphatic carbocycles. The SMILES string of the molecule is CCCCCC/C=C\C/C=C\CCCCCCCCCC(=O)OC(COC(=O)CCCCCCCCCCCCCCC)COC(=O)CCCCCCCCCCCCCCCCCCCCCCCCCCCCCCCCC. The number of unbranched alkanes of at least 4 members (excludes halogenated alkanes) is 53. The number of esters is 3. The zero-order valence-corrected chi connectivity index (χ0v) is 54.4. The zero-order chi connectivity index (χ0) is 57.8. The molecule has 0 fully saturated rings. The van der Waals surface area contributed by atoms with Gasteiger partial charge in [-0.25, -0.2) is 0 Å². The van der Waals surface area contributed by atoms with Gasteiger partial charge in [0.05, 0.1) is 0 Å². The molecule has 0 aromatic heterocycles. The first-order valence-corrected chi connectivity index (χ1v) is 36.3. The Morgan fingerprint density at radius 3 is 0.700 bits per heavy atom. The van der Waals surface area contributed by atoms with E-state index in [1.54, 1.807) is 0 Å². The summed E-state index contributed by atoms with van der Waals surface area (Å²) in [5.74, 6) is -0.845. The van der Waals surface area contributed by atoms with Crippen LogP contribution in [-0.2, 0) is 28.6 Å². The molecule has 0 rings (SSSR count). The normalized spacial score (nSPS) is 12.1. The summed E-state index contributed by atoms with van der Waals surface area (Å²) < 4.78 is 17.0. The van der Waals surface area contributed by atoms with Gasteiger partial charge in [0.15, 0.2) is 6.10 Å². The fourth-order valence-electron chi connectivity index (χ4n) is 11.2. The number of carbonyl (C=O) groups is 3. The first-order valence-electron chi connectivity index (χ1n) is 36.3. The molecule has 1 unspecified atom stereocenters. The van der Waals surface area contributed by atoms with Crippen LogP contribution in [-0.4, -0.2) is 37.2 Å². The Bertz CT molecular complexity index is 1290. The molecule has 0 amide bonds. The summed E-state index contributed by atoms with van der Waals surface area (Å²) in [7, 11) is 0. The molecular weight excluding hydrogens is 985 g/mol. The van der Waals surface area contributed by atoms with E-state index in [1.165, 1.54) is 302 Å². The lowest BCUT2D eigenvalue weighted by Crippen LogP contribution is -2.30. The van der Waals surface area contributed by atoms with E-state index < -0.39 is 6.10 Å². The minimum atomic E-state index is -0.772. The number of ether oxygens (including phenoxy) is 3. The number of carbonyl (C=O) groups excluding carboxylic acids is 3. The van der Waals surface area contributed by atoms with Gasteiger partial charge in [-0.15, -0.1) is 0 Å². The number of hydrogen-bond acceptors (Lipinski definition) is 6. The molecule has 472 valence electrons. The van der Waals surface area contributed by atoms with Crippen LogP contribution in [0.15, 0.2) is 24.3 Å². The molecule has 0 bridgehead atoms. The summed E-state index contributed by atoms with van der Waals surface area (Å²) in [4.78, 5) is 38.4. The molecule has 0 N–H and O–H groups in total. The second-order valence-corrected chi connectivity index (χ2v) is 24.9. The van der Waals surface area contributed by atoms with Crippen LogP contribution < -0.4 is 0 Å². The maximum atomic E-state index is 12.9. The molecule has 0 spiro atoms. The van der Waals surface area contributed by atoms with Crippen molar-refractivity contribution in [1.29, 1.82) is 0 Å². The minimum Gasteiger partial charge on any atom is -0.462 e. The first kappa shape index (κ1) is 77.9. The highest BCUT2D eigenvalue weighted by Crippen LogP contribution is 2.19. The monoisotopic (exact) mass is 1130 g/mol. The zero-order valence-electron chi connectivity index (χ0n) is 54.4. The average Bonchev–Trinajstić information content (AvgIpc) is 3.46. The maximum absolute atomic E-state index is 12.9. The summed E-state index contributed by atoms with van der Waals surface area (Å²) in [6.45, 7) is 6.70. The minimum absolute atomic E-state index is 0.0682. The lowest BCUT2D eigenvalue weighted by Gasteiger charge is -2.18. The van der Waals surface area contributed by atoms with Gasteiger partial charge in [0.1, 0.15) is 13.2 Å². The summed E-state index contributed by atoms with van der Waals surface area (Å²) in [5, 5.41) is 0. The highest BCUT2D eigenvalue weighted by molar-refractivity contribution is 5.71. The van der Waals surface area contributed by atoms with Gasteiger partial charge in [0.25, 0.3) is 0 Å². The predicted octanol–water partition coefficient (Wildman–Crippen LogP) is 25.0. The number of rotatable bonds is 68. The fourth-order valence-corrected chi connectivity index (χ4v) is 11.2. The Labute approximate surface area is 500 Å². The van der Waals surface area contributed by atoms with Gasteiger partial charge in [0, 0.05) is 19.3 Å². The molecule has 6 nitrogen and oxygen atoms in total. The quantitative estimate of drug-likeness (QED) is 0.0261. The molecule has 0 aromatic carbocycles. The molecular formula is C74H140O6. The topological polar surface area (TPSA) is 78.9 Å². The van der Waals surface area contributed by atoms with Gasteiger partial charge in [-0.3, -0.25) is 14.4 Å². The molecule has 0 aromatic rings. The van der Waals surface area contributed by atoms with Crippen molar-refractivity contribution in [3.63, 3.8) is 0 Å². The van der Waals surface area contributed by atoms with Crippen LogP contribution in [0.25, 0.3) is 0 Å². The van der Waals surface area contributed by atoms with Gasteiger partial charge in [-0.1, -0.05) is 366 Å². The summed E-state index contributed by atoms with van der Waals surface area (Å²) in [5.41, 5.74) is 0. The van der Waals surface area contributed by atoms with Crippen LogP contribution in [0, 0.1) is 0 Å². The van der Waals surface area contributed by atoms with Crippen molar-refractivity contribution in [2.45, 2.75) is 419 Å². The molecule has 1 atom stereocenters. The van der Waals surface area contributed by atoms with Gasteiger partial charge >= 0.3 is 17.9 Å². The van der Waals surface area contributed by atoms with Crippen LogP contribution >= 0.6 is 0 Å². The molecule has 0 radical (unpaired) electrons. The van der Waals surface area contributed by atoms with E-state index in [0.717, 1.165) is 70.6 Å². The van der Waals surface area contributed by atoms with Gasteiger partial charge in [-0.05, 0) is 51.4 Å². The van der Waals surface area contributed by atoms with Crippen molar-refractivity contribution < 1.29 is 28.6 Å². The van der Waals surface area contributed by atoms with Gasteiger partial charge in [-0.2, -0.15) is 0 Å². The predicted molar refractivity (Wildman–Crippen MR) is 349 cm³/mol. The van der Waals surface area contributed by atoms with Crippen LogP contribution in [0.2, 0.25) is 0 Å². The van der Waals surface area contributed by atoms with E-state index in [0.29, 0.717) is 19.3 Å². The third kappa shape index (κ3) is 66.7. The fraction of sp³-hybridized carbons (Fsp3) is 0.905. The smallest absolute Gasteiger partial charge is 0.306 e. The number of allylic oxidation sites excluding steroid dienone is 4. The first-order chi connectivity index (χ1) is 39.5. The second kappa shape index (κ2) is 69.4. The third-order valence-corrected chi connectivity index (χ3v) is 16.7. The van der Waals surface area contributed by atoms with Gasteiger partial charge < -0.3 is 14.2 Å². The van der Waals surface area contributed by atoms with Gasteiger partial charge in [0.2, 0.25) is 0 Å². The van der Waals surface area contributed by atoms with Crippen LogP contribution in [0.1, 0.15) is 412 Å². The Kier molecular flexibility index (Phi) is 67.6. The second-order valence-electron chi connectivity index (χ2n) is 24.9. The lowest BCUT2D eigenvalue weighted by molar-refractivity contribution is -0.167. The summed E-state index contributed by atoms with van der Waals surface area (Å²) in [6.07, 6.45) is 85.1. The molecule has 0 saturated carbocycles. The van der Waals surface area contributed by atoms with Crippen LogP contribution in [0.3, 0.4) is 0 Å². The highest BCUT2D eigenvalue weighted by Gasteiger charge is 2.19. The van der Waals surface area contributed by atoms with E-state index in [2.05, 4.69) is 45.1 Å². The number of hydrogen-bond donors (Lipinski definition) is 0. The van der Waals surface area contributed by atoms with Crippen LogP contribution in [0.4, 0.5) is 0 Å². The van der Waals surface area contributed by atoms with Crippen molar-refractivity contribution in [1.82, 2.24) is 0 Å². The maximum Gasteiger partial charge on any atom is 0.306 e. The van der Waals surface area contributed by atoms with E-state index in [4.69, 9.17) is 14.2 Å². The molecule has 0 heterocycles. The summed E-state index contributed by atoms with van der Waals surface area (Å²) in [6, 6.07) is 0. The molecule has 0 aliphatic heterocycles. The van der Waals surface area contributed by atoms with Crippen molar-refractivity contribution in [3.8, 4) is 0 Å². The van der Waals surface area contributed by atoms with Crippen molar-refractivity contribution in [2.24, 2.45) is 0 Å². The molecule has 0 saturated heterocycles. The summed E-state index contributed by atoms with van der Waals surface area (Å²) >= 11 is 0. The van der Waals surface area contributed by atoms with Crippen molar-refractivity contribution in [3.05, 3.63) is 24.3 Å². The Morgan fingerprint density at radius 1 is 0.250 bits per heavy atom. The average molecular weight is 1130 g/mol. The lowest BCUT2D eigenvalue weighted by atomic mass is 10.0. The van der Waals surface area contributed by atoms with Crippen molar-refractivity contribution in [2.75, 3.05) is 13.2 Å². The highest BCUT2D eigenvalue weighted by atomic mass is 16.6.